The van der Waals surface area contributed by atoms with Gasteiger partial charge in [-0.25, -0.2) is 0 Å². The summed E-state index contributed by atoms with van der Waals surface area (Å²) in [6, 6.07) is 4.72. The molecule has 1 aromatic carbocycles. The molecule has 0 aliphatic heterocycles. The van der Waals surface area contributed by atoms with Crippen molar-refractivity contribution in [2.75, 3.05) is 5.32 Å². The van der Waals surface area contributed by atoms with Gasteiger partial charge in [-0.1, -0.05) is 17.7 Å². The minimum Gasteiger partial charge on any atom is -0.376 e. The molecule has 0 heterocycles. The number of para-hydroxylation sites is 1. The van der Waals surface area contributed by atoms with Gasteiger partial charge in [-0.3, -0.25) is 10.1 Å². The number of anilines is 1. The molecule has 0 aromatic heterocycles. The SMILES string of the molecule is CC(C)Nc1c(Cl)cccc1[N+](=O)[O-]. The topological polar surface area (TPSA) is 55.2 Å². The van der Waals surface area contributed by atoms with Crippen LogP contribution in [0.3, 0.4) is 0 Å². The Kier molecular flexibility index (Phi) is 3.30. The molecule has 0 unspecified atom stereocenters. The van der Waals surface area contributed by atoms with Crippen molar-refractivity contribution in [3.8, 4) is 0 Å². The van der Waals surface area contributed by atoms with Gasteiger partial charge in [0.1, 0.15) is 5.69 Å². The third-order valence-corrected chi connectivity index (χ3v) is 1.94. The van der Waals surface area contributed by atoms with Crippen LogP contribution in [0.2, 0.25) is 5.02 Å². The Morgan fingerprint density at radius 3 is 2.64 bits per heavy atom. The van der Waals surface area contributed by atoms with Gasteiger partial charge >= 0.3 is 0 Å². The minimum atomic E-state index is -0.448. The smallest absolute Gasteiger partial charge is 0.293 e. The van der Waals surface area contributed by atoms with E-state index in [2.05, 4.69) is 5.32 Å². The summed E-state index contributed by atoms with van der Waals surface area (Å²) in [7, 11) is 0. The van der Waals surface area contributed by atoms with Crippen LogP contribution in [0.4, 0.5) is 11.4 Å². The third kappa shape index (κ3) is 2.35. The quantitative estimate of drug-likeness (QED) is 0.622. The predicted octanol–water partition coefficient (Wildman–Crippen LogP) is 3.07. The standard InChI is InChI=1S/C9H11ClN2O2/c1-6(2)11-9-7(10)4-3-5-8(9)12(13)14/h3-6,11H,1-2H3. The van der Waals surface area contributed by atoms with Gasteiger partial charge in [0.05, 0.1) is 9.95 Å². The monoisotopic (exact) mass is 214 g/mol. The predicted molar refractivity (Wildman–Crippen MR) is 56.9 cm³/mol. The number of nitrogens with zero attached hydrogens (tertiary/aromatic N) is 1. The van der Waals surface area contributed by atoms with Crippen LogP contribution in [0.25, 0.3) is 0 Å². The van der Waals surface area contributed by atoms with E-state index in [-0.39, 0.29) is 11.7 Å². The van der Waals surface area contributed by atoms with Crippen LogP contribution in [0.1, 0.15) is 13.8 Å². The molecule has 0 saturated carbocycles. The average molecular weight is 215 g/mol. The minimum absolute atomic E-state index is 0.00574. The molecule has 0 amide bonds. The molecule has 0 aliphatic rings. The largest absolute Gasteiger partial charge is 0.376 e. The van der Waals surface area contributed by atoms with Gasteiger partial charge in [0, 0.05) is 12.1 Å². The number of nitro groups is 1. The zero-order valence-corrected chi connectivity index (χ0v) is 8.71. The van der Waals surface area contributed by atoms with E-state index in [1.54, 1.807) is 12.1 Å². The number of benzene rings is 1. The van der Waals surface area contributed by atoms with Crippen molar-refractivity contribution in [2.45, 2.75) is 19.9 Å². The van der Waals surface area contributed by atoms with Gasteiger partial charge in [-0.05, 0) is 19.9 Å². The molecule has 0 atom stereocenters. The zero-order chi connectivity index (χ0) is 10.7. The van der Waals surface area contributed by atoms with Crippen molar-refractivity contribution < 1.29 is 4.92 Å². The Bertz CT molecular complexity index is 353. The molecule has 76 valence electrons. The maximum Gasteiger partial charge on any atom is 0.293 e. The molecule has 0 bridgehead atoms. The van der Waals surface area contributed by atoms with E-state index in [1.165, 1.54) is 6.07 Å². The summed E-state index contributed by atoms with van der Waals surface area (Å²) in [5.74, 6) is 0. The number of hydrogen-bond donors (Lipinski definition) is 1. The summed E-state index contributed by atoms with van der Waals surface area (Å²) in [6.07, 6.45) is 0. The Balaban J connectivity index is 3.15. The summed E-state index contributed by atoms with van der Waals surface area (Å²) < 4.78 is 0. The van der Waals surface area contributed by atoms with Crippen molar-refractivity contribution in [3.05, 3.63) is 33.3 Å². The second kappa shape index (κ2) is 4.28. The van der Waals surface area contributed by atoms with E-state index in [4.69, 9.17) is 11.6 Å². The van der Waals surface area contributed by atoms with Crippen molar-refractivity contribution in [1.29, 1.82) is 0 Å². The fourth-order valence-corrected chi connectivity index (χ4v) is 1.32. The van der Waals surface area contributed by atoms with Crippen LogP contribution >= 0.6 is 11.6 Å². The van der Waals surface area contributed by atoms with E-state index in [1.807, 2.05) is 13.8 Å². The summed E-state index contributed by atoms with van der Waals surface area (Å²) >= 11 is 5.85. The molecule has 4 nitrogen and oxygen atoms in total. The van der Waals surface area contributed by atoms with E-state index in [0.29, 0.717) is 10.7 Å². The second-order valence-electron chi connectivity index (χ2n) is 3.19. The average Bonchev–Trinajstić information content (AvgIpc) is 2.07. The lowest BCUT2D eigenvalue weighted by Gasteiger charge is -2.11. The Morgan fingerprint density at radius 2 is 2.14 bits per heavy atom. The van der Waals surface area contributed by atoms with Crippen LogP contribution in [-0.2, 0) is 0 Å². The molecule has 0 radical (unpaired) electrons. The number of nitrogens with one attached hydrogen (secondary N) is 1. The van der Waals surface area contributed by atoms with Crippen LogP contribution in [-0.4, -0.2) is 11.0 Å². The maximum absolute atomic E-state index is 10.7. The Morgan fingerprint density at radius 1 is 1.50 bits per heavy atom. The van der Waals surface area contributed by atoms with Crippen molar-refractivity contribution >= 4 is 23.0 Å². The summed E-state index contributed by atoms with van der Waals surface area (Å²) in [6.45, 7) is 3.79. The summed E-state index contributed by atoms with van der Waals surface area (Å²) in [5, 5.41) is 14.0. The summed E-state index contributed by atoms with van der Waals surface area (Å²) in [4.78, 5) is 10.2. The van der Waals surface area contributed by atoms with Crippen LogP contribution in [0, 0.1) is 10.1 Å². The normalized spacial score (nSPS) is 10.3. The first-order valence-corrected chi connectivity index (χ1v) is 4.59. The van der Waals surface area contributed by atoms with Crippen LogP contribution in [0.5, 0.6) is 0 Å². The lowest BCUT2D eigenvalue weighted by atomic mass is 10.2. The van der Waals surface area contributed by atoms with Crippen molar-refractivity contribution in [1.82, 2.24) is 0 Å². The van der Waals surface area contributed by atoms with Gasteiger partial charge in [0.2, 0.25) is 0 Å². The Hall–Kier alpha value is -1.29. The fraction of sp³-hybridized carbons (Fsp3) is 0.333. The molecular weight excluding hydrogens is 204 g/mol. The molecule has 1 rings (SSSR count). The molecule has 0 fully saturated rings. The molecule has 14 heavy (non-hydrogen) atoms. The third-order valence-electron chi connectivity index (χ3n) is 1.62. The van der Waals surface area contributed by atoms with Crippen LogP contribution < -0.4 is 5.32 Å². The lowest BCUT2D eigenvalue weighted by molar-refractivity contribution is -0.384. The van der Waals surface area contributed by atoms with E-state index in [0.717, 1.165) is 0 Å². The highest BCUT2D eigenvalue weighted by molar-refractivity contribution is 6.33. The van der Waals surface area contributed by atoms with Crippen molar-refractivity contribution in [3.63, 3.8) is 0 Å². The molecule has 0 aliphatic carbocycles. The van der Waals surface area contributed by atoms with E-state index in [9.17, 15) is 10.1 Å². The maximum atomic E-state index is 10.7. The molecule has 1 aromatic rings. The van der Waals surface area contributed by atoms with Gasteiger partial charge in [0.25, 0.3) is 5.69 Å². The Labute approximate surface area is 87.0 Å². The van der Waals surface area contributed by atoms with Crippen LogP contribution in [0.15, 0.2) is 18.2 Å². The molecular formula is C9H11ClN2O2. The fourth-order valence-electron chi connectivity index (χ4n) is 1.10. The summed E-state index contributed by atoms with van der Waals surface area (Å²) in [5.41, 5.74) is 0.389. The van der Waals surface area contributed by atoms with Crippen molar-refractivity contribution in [2.24, 2.45) is 0 Å². The highest BCUT2D eigenvalue weighted by Gasteiger charge is 2.16. The first kappa shape index (κ1) is 10.8. The van der Waals surface area contributed by atoms with Gasteiger partial charge in [-0.2, -0.15) is 0 Å². The lowest BCUT2D eigenvalue weighted by Crippen LogP contribution is -2.11. The molecule has 5 heteroatoms. The molecule has 0 saturated heterocycles. The first-order valence-electron chi connectivity index (χ1n) is 4.22. The zero-order valence-electron chi connectivity index (χ0n) is 7.95. The first-order chi connectivity index (χ1) is 6.52. The van der Waals surface area contributed by atoms with Gasteiger partial charge in [0.15, 0.2) is 0 Å². The number of halogens is 1. The van der Waals surface area contributed by atoms with E-state index < -0.39 is 4.92 Å². The highest BCUT2D eigenvalue weighted by atomic mass is 35.5. The van der Waals surface area contributed by atoms with Gasteiger partial charge in [-0.15, -0.1) is 0 Å². The molecule has 0 spiro atoms. The van der Waals surface area contributed by atoms with E-state index >= 15 is 0 Å². The highest BCUT2D eigenvalue weighted by Crippen LogP contribution is 2.32. The second-order valence-corrected chi connectivity index (χ2v) is 3.60. The number of nitro benzene ring substituents is 1. The van der Waals surface area contributed by atoms with Gasteiger partial charge < -0.3 is 5.32 Å². The number of rotatable bonds is 3. The molecule has 1 N–H and O–H groups in total. The number of hydrogen-bond acceptors (Lipinski definition) is 3.